The molecule has 2 rings (SSSR count). The van der Waals surface area contributed by atoms with Crippen LogP contribution in [0.5, 0.6) is 0 Å². The van der Waals surface area contributed by atoms with Crippen molar-refractivity contribution < 1.29 is 9.50 Å². The Bertz CT molecular complexity index is 507. The van der Waals surface area contributed by atoms with Gasteiger partial charge in [0, 0.05) is 18.8 Å². The van der Waals surface area contributed by atoms with E-state index in [1.54, 1.807) is 37.1 Å². The zero-order valence-corrected chi connectivity index (χ0v) is 9.18. The molecule has 1 aromatic carbocycles. The SMILES string of the molecule is Cc1cc(F)ccc1C(O)c1cnn(C)c1. The van der Waals surface area contributed by atoms with Crippen LogP contribution < -0.4 is 0 Å². The quantitative estimate of drug-likeness (QED) is 0.840. The van der Waals surface area contributed by atoms with Crippen molar-refractivity contribution in [3.63, 3.8) is 0 Å². The molecule has 1 atom stereocenters. The highest BCUT2D eigenvalue weighted by Gasteiger charge is 2.14. The Morgan fingerprint density at radius 1 is 1.44 bits per heavy atom. The highest BCUT2D eigenvalue weighted by Crippen LogP contribution is 2.24. The van der Waals surface area contributed by atoms with E-state index in [4.69, 9.17) is 0 Å². The van der Waals surface area contributed by atoms with Crippen LogP contribution in [0.2, 0.25) is 0 Å². The minimum atomic E-state index is -0.755. The first-order valence-electron chi connectivity index (χ1n) is 5.00. The van der Waals surface area contributed by atoms with Gasteiger partial charge < -0.3 is 5.11 Å². The Labute approximate surface area is 93.2 Å². The minimum Gasteiger partial charge on any atom is -0.384 e. The van der Waals surface area contributed by atoms with Crippen molar-refractivity contribution in [2.24, 2.45) is 7.05 Å². The molecule has 4 heteroatoms. The molecule has 0 radical (unpaired) electrons. The molecular weight excluding hydrogens is 207 g/mol. The van der Waals surface area contributed by atoms with Crippen LogP contribution in [0.4, 0.5) is 4.39 Å². The van der Waals surface area contributed by atoms with Crippen molar-refractivity contribution in [3.8, 4) is 0 Å². The molecule has 16 heavy (non-hydrogen) atoms. The smallest absolute Gasteiger partial charge is 0.123 e. The van der Waals surface area contributed by atoms with Crippen LogP contribution in [0.15, 0.2) is 30.6 Å². The Morgan fingerprint density at radius 3 is 2.75 bits per heavy atom. The summed E-state index contributed by atoms with van der Waals surface area (Å²) in [4.78, 5) is 0. The standard InChI is InChI=1S/C12H13FN2O/c1-8-5-10(13)3-4-11(8)12(16)9-6-14-15(2)7-9/h3-7,12,16H,1-2H3. The van der Waals surface area contributed by atoms with Crippen LogP contribution in [0, 0.1) is 12.7 Å². The molecule has 0 aliphatic rings. The highest BCUT2D eigenvalue weighted by molar-refractivity contribution is 5.33. The van der Waals surface area contributed by atoms with E-state index in [-0.39, 0.29) is 5.82 Å². The predicted molar refractivity (Wildman–Crippen MR) is 58.4 cm³/mol. The first-order valence-corrected chi connectivity index (χ1v) is 5.00. The summed E-state index contributed by atoms with van der Waals surface area (Å²) in [6.45, 7) is 1.78. The van der Waals surface area contributed by atoms with E-state index >= 15 is 0 Å². The van der Waals surface area contributed by atoms with Gasteiger partial charge in [0.05, 0.1) is 6.20 Å². The number of aliphatic hydroxyl groups is 1. The summed E-state index contributed by atoms with van der Waals surface area (Å²) in [6.07, 6.45) is 2.59. The zero-order chi connectivity index (χ0) is 11.7. The maximum Gasteiger partial charge on any atom is 0.123 e. The Hall–Kier alpha value is -1.68. The average molecular weight is 220 g/mol. The average Bonchev–Trinajstić information content (AvgIpc) is 2.64. The fourth-order valence-electron chi connectivity index (χ4n) is 1.71. The molecular formula is C12H13FN2O. The molecule has 3 nitrogen and oxygen atoms in total. The molecule has 1 aromatic heterocycles. The molecule has 84 valence electrons. The summed E-state index contributed by atoms with van der Waals surface area (Å²) in [5.74, 6) is -0.292. The molecule has 0 bridgehead atoms. The first-order chi connectivity index (χ1) is 7.58. The monoisotopic (exact) mass is 220 g/mol. The molecule has 0 fully saturated rings. The van der Waals surface area contributed by atoms with Crippen LogP contribution in [0.1, 0.15) is 22.8 Å². The molecule has 1 heterocycles. The molecule has 0 saturated carbocycles. The summed E-state index contributed by atoms with van der Waals surface area (Å²) in [5, 5.41) is 14.1. The largest absolute Gasteiger partial charge is 0.384 e. The van der Waals surface area contributed by atoms with Crippen LogP contribution in [-0.4, -0.2) is 14.9 Å². The van der Waals surface area contributed by atoms with Crippen LogP contribution in [0.3, 0.4) is 0 Å². The molecule has 0 aliphatic heterocycles. The van der Waals surface area contributed by atoms with Crippen molar-refractivity contribution >= 4 is 0 Å². The molecule has 0 amide bonds. The van der Waals surface area contributed by atoms with E-state index in [9.17, 15) is 9.50 Å². The maximum absolute atomic E-state index is 12.9. The van der Waals surface area contributed by atoms with Gasteiger partial charge in [0.15, 0.2) is 0 Å². The predicted octanol–water partition coefficient (Wildman–Crippen LogP) is 1.95. The van der Waals surface area contributed by atoms with Crippen molar-refractivity contribution in [3.05, 3.63) is 53.1 Å². The summed E-state index contributed by atoms with van der Waals surface area (Å²) >= 11 is 0. The van der Waals surface area contributed by atoms with Crippen molar-refractivity contribution in [1.29, 1.82) is 0 Å². The number of aryl methyl sites for hydroxylation is 2. The molecule has 2 aromatic rings. The van der Waals surface area contributed by atoms with E-state index in [0.29, 0.717) is 11.1 Å². The summed E-state index contributed by atoms with van der Waals surface area (Å²) in [7, 11) is 1.79. The van der Waals surface area contributed by atoms with Gasteiger partial charge in [-0.15, -0.1) is 0 Å². The Morgan fingerprint density at radius 2 is 2.19 bits per heavy atom. The van der Waals surface area contributed by atoms with E-state index in [0.717, 1.165) is 5.56 Å². The number of aromatic nitrogens is 2. The topological polar surface area (TPSA) is 38.1 Å². The van der Waals surface area contributed by atoms with Gasteiger partial charge in [-0.25, -0.2) is 4.39 Å². The lowest BCUT2D eigenvalue weighted by Crippen LogP contribution is -2.01. The molecule has 1 unspecified atom stereocenters. The van der Waals surface area contributed by atoms with Crippen molar-refractivity contribution in [2.75, 3.05) is 0 Å². The van der Waals surface area contributed by atoms with Gasteiger partial charge in [-0.05, 0) is 30.2 Å². The number of halogens is 1. The van der Waals surface area contributed by atoms with Gasteiger partial charge in [-0.3, -0.25) is 4.68 Å². The molecule has 0 aliphatic carbocycles. The number of rotatable bonds is 2. The minimum absolute atomic E-state index is 0.292. The van der Waals surface area contributed by atoms with Gasteiger partial charge in [0.2, 0.25) is 0 Å². The summed E-state index contributed by atoms with van der Waals surface area (Å²) < 4.78 is 14.5. The summed E-state index contributed by atoms with van der Waals surface area (Å²) in [6, 6.07) is 4.36. The van der Waals surface area contributed by atoms with Gasteiger partial charge in [-0.1, -0.05) is 6.07 Å². The van der Waals surface area contributed by atoms with E-state index in [2.05, 4.69) is 5.10 Å². The van der Waals surface area contributed by atoms with E-state index in [1.165, 1.54) is 12.1 Å². The molecule has 1 N–H and O–H groups in total. The number of nitrogens with zero attached hydrogens (tertiary/aromatic N) is 2. The third kappa shape index (κ3) is 1.97. The maximum atomic E-state index is 12.9. The second-order valence-electron chi connectivity index (χ2n) is 3.85. The number of benzene rings is 1. The lowest BCUT2D eigenvalue weighted by molar-refractivity contribution is 0.219. The van der Waals surface area contributed by atoms with Crippen LogP contribution >= 0.6 is 0 Å². The van der Waals surface area contributed by atoms with Gasteiger partial charge in [-0.2, -0.15) is 5.10 Å². The number of hydrogen-bond donors (Lipinski definition) is 1. The van der Waals surface area contributed by atoms with Gasteiger partial charge in [0.1, 0.15) is 11.9 Å². The molecule has 0 saturated heterocycles. The second kappa shape index (κ2) is 4.06. The lowest BCUT2D eigenvalue weighted by Gasteiger charge is -2.11. The third-order valence-electron chi connectivity index (χ3n) is 2.57. The normalized spacial score (nSPS) is 12.8. The van der Waals surface area contributed by atoms with E-state index in [1.807, 2.05) is 0 Å². The number of aliphatic hydroxyl groups excluding tert-OH is 1. The van der Waals surface area contributed by atoms with Crippen molar-refractivity contribution in [1.82, 2.24) is 9.78 Å². The highest BCUT2D eigenvalue weighted by atomic mass is 19.1. The fourth-order valence-corrected chi connectivity index (χ4v) is 1.71. The lowest BCUT2D eigenvalue weighted by atomic mass is 10.00. The van der Waals surface area contributed by atoms with E-state index < -0.39 is 6.10 Å². The van der Waals surface area contributed by atoms with Crippen LogP contribution in [0.25, 0.3) is 0 Å². The van der Waals surface area contributed by atoms with Gasteiger partial charge >= 0.3 is 0 Å². The third-order valence-corrected chi connectivity index (χ3v) is 2.57. The first kappa shape index (κ1) is 10.8. The van der Waals surface area contributed by atoms with Crippen molar-refractivity contribution in [2.45, 2.75) is 13.0 Å². The molecule has 0 spiro atoms. The fraction of sp³-hybridized carbons (Fsp3) is 0.250. The Balaban J connectivity index is 2.37. The Kier molecular flexibility index (Phi) is 2.75. The van der Waals surface area contributed by atoms with Gasteiger partial charge in [0.25, 0.3) is 0 Å². The second-order valence-corrected chi connectivity index (χ2v) is 3.85. The van der Waals surface area contributed by atoms with Crippen LogP contribution in [-0.2, 0) is 7.05 Å². The zero-order valence-electron chi connectivity index (χ0n) is 9.18. The summed E-state index contributed by atoms with van der Waals surface area (Å²) in [5.41, 5.74) is 2.14. The number of hydrogen-bond acceptors (Lipinski definition) is 2.